The lowest BCUT2D eigenvalue weighted by atomic mass is 9.95. The van der Waals surface area contributed by atoms with Gasteiger partial charge in [0, 0.05) is 0 Å². The van der Waals surface area contributed by atoms with Crippen molar-refractivity contribution in [2.45, 2.75) is 46.0 Å². The fourth-order valence-electron chi connectivity index (χ4n) is 2.63. The lowest BCUT2D eigenvalue weighted by Gasteiger charge is -2.13. The average Bonchev–Trinajstić information content (AvgIpc) is 2.70. The van der Waals surface area contributed by atoms with E-state index >= 15 is 0 Å². The highest BCUT2D eigenvalue weighted by atomic mass is 16.5. The number of methoxy groups -OCH3 is 1. The van der Waals surface area contributed by atoms with Crippen LogP contribution in [0.4, 0.5) is 0 Å². The largest absolute Gasteiger partial charge is 0.496 e. The second-order valence-corrected chi connectivity index (χ2v) is 5.25. The number of carbonyl (C=O) groups is 1. The van der Waals surface area contributed by atoms with Gasteiger partial charge in [-0.25, -0.2) is 0 Å². The van der Waals surface area contributed by atoms with Gasteiger partial charge in [-0.15, -0.1) is 0 Å². The number of ketones is 1. The van der Waals surface area contributed by atoms with Gasteiger partial charge in [-0.2, -0.15) is 0 Å². The first-order valence-corrected chi connectivity index (χ1v) is 7.03. The van der Waals surface area contributed by atoms with Crippen molar-refractivity contribution in [3.8, 4) is 5.75 Å². The van der Waals surface area contributed by atoms with Crippen molar-refractivity contribution >= 4 is 5.78 Å². The van der Waals surface area contributed by atoms with Gasteiger partial charge in [-0.05, 0) is 62.3 Å². The van der Waals surface area contributed by atoms with E-state index in [1.807, 2.05) is 26.0 Å². The highest BCUT2D eigenvalue weighted by Gasteiger charge is 2.19. The van der Waals surface area contributed by atoms with Crippen molar-refractivity contribution in [1.82, 2.24) is 0 Å². The molecule has 2 nitrogen and oxygen atoms in total. The molecule has 0 amide bonds. The molecule has 102 valence electrons. The van der Waals surface area contributed by atoms with Crippen molar-refractivity contribution in [2.24, 2.45) is 0 Å². The Labute approximate surface area is 115 Å². The van der Waals surface area contributed by atoms with Crippen LogP contribution in [-0.2, 0) is 0 Å². The fraction of sp³-hybridized carbons (Fsp3) is 0.471. The maximum Gasteiger partial charge on any atom is 0.192 e. The monoisotopic (exact) mass is 258 g/mol. The lowest BCUT2D eigenvalue weighted by Crippen LogP contribution is -2.07. The van der Waals surface area contributed by atoms with Crippen molar-refractivity contribution in [2.75, 3.05) is 7.11 Å². The zero-order chi connectivity index (χ0) is 13.8. The van der Waals surface area contributed by atoms with Crippen molar-refractivity contribution in [3.63, 3.8) is 0 Å². The van der Waals surface area contributed by atoms with E-state index in [2.05, 4.69) is 6.08 Å². The molecule has 1 aliphatic carbocycles. The molecule has 1 aromatic carbocycles. The second-order valence-electron chi connectivity index (χ2n) is 5.25. The quantitative estimate of drug-likeness (QED) is 0.752. The van der Waals surface area contributed by atoms with Crippen LogP contribution in [0.25, 0.3) is 0 Å². The molecule has 0 N–H and O–H groups in total. The molecule has 0 atom stereocenters. The summed E-state index contributed by atoms with van der Waals surface area (Å²) in [7, 11) is 1.64. The molecule has 0 radical (unpaired) electrons. The van der Waals surface area contributed by atoms with Gasteiger partial charge in [0.1, 0.15) is 5.75 Å². The second kappa shape index (κ2) is 6.05. The first-order chi connectivity index (χ1) is 9.15. The number of benzene rings is 1. The molecule has 0 saturated carbocycles. The van der Waals surface area contributed by atoms with Gasteiger partial charge in [0.05, 0.1) is 12.7 Å². The van der Waals surface area contributed by atoms with Crippen molar-refractivity contribution in [1.29, 1.82) is 0 Å². The molecule has 19 heavy (non-hydrogen) atoms. The Bertz CT molecular complexity index is 512. The molecular formula is C17H22O2. The predicted molar refractivity (Wildman–Crippen MR) is 78.0 cm³/mol. The summed E-state index contributed by atoms with van der Waals surface area (Å²) in [6.45, 7) is 4.05. The van der Waals surface area contributed by atoms with Crippen molar-refractivity contribution < 1.29 is 9.53 Å². The molecule has 0 heterocycles. The van der Waals surface area contributed by atoms with E-state index < -0.39 is 0 Å². The first-order valence-electron chi connectivity index (χ1n) is 7.03. The molecular weight excluding hydrogens is 236 g/mol. The fourth-order valence-corrected chi connectivity index (χ4v) is 2.63. The third-order valence-corrected chi connectivity index (χ3v) is 3.96. The molecule has 0 saturated heterocycles. The van der Waals surface area contributed by atoms with Crippen LogP contribution < -0.4 is 4.74 Å². The zero-order valence-electron chi connectivity index (χ0n) is 12.1. The summed E-state index contributed by atoms with van der Waals surface area (Å²) in [4.78, 5) is 12.6. The van der Waals surface area contributed by atoms with Crippen LogP contribution in [0.1, 0.15) is 53.6 Å². The maximum atomic E-state index is 12.6. The van der Waals surface area contributed by atoms with Crippen LogP contribution in [0.5, 0.6) is 5.75 Å². The number of Topliss-reactive ketones (excluding diaryl/α,β-unsaturated/α-hetero) is 1. The summed E-state index contributed by atoms with van der Waals surface area (Å²) >= 11 is 0. The Balaban J connectivity index is 2.38. The summed E-state index contributed by atoms with van der Waals surface area (Å²) in [5, 5.41) is 0. The normalized spacial score (nSPS) is 15.6. The third kappa shape index (κ3) is 2.89. The zero-order valence-corrected chi connectivity index (χ0v) is 12.1. The molecule has 0 unspecified atom stereocenters. The van der Waals surface area contributed by atoms with Crippen LogP contribution in [0.3, 0.4) is 0 Å². The van der Waals surface area contributed by atoms with Crippen LogP contribution in [0.15, 0.2) is 23.8 Å². The Morgan fingerprint density at radius 1 is 1.16 bits per heavy atom. The molecule has 0 fully saturated rings. The smallest absolute Gasteiger partial charge is 0.192 e. The standard InChI is InChI=1S/C17H22O2/c1-12-10-11-15(17(19-3)13(12)2)16(18)14-8-6-4-5-7-9-14/h8,10-11H,4-7,9H2,1-3H3. The lowest BCUT2D eigenvalue weighted by molar-refractivity contribution is 0.102. The minimum atomic E-state index is 0.141. The molecule has 2 heteroatoms. The minimum absolute atomic E-state index is 0.141. The van der Waals surface area contributed by atoms with Crippen LogP contribution in [0.2, 0.25) is 0 Å². The molecule has 0 bridgehead atoms. The van der Waals surface area contributed by atoms with E-state index in [9.17, 15) is 4.79 Å². The minimum Gasteiger partial charge on any atom is -0.496 e. The van der Waals surface area contributed by atoms with Gasteiger partial charge in [0.2, 0.25) is 0 Å². The summed E-state index contributed by atoms with van der Waals surface area (Å²) < 4.78 is 5.45. The summed E-state index contributed by atoms with van der Waals surface area (Å²) in [6.07, 6.45) is 7.57. The number of hydrogen-bond acceptors (Lipinski definition) is 2. The van der Waals surface area contributed by atoms with Crippen molar-refractivity contribution in [3.05, 3.63) is 40.5 Å². The van der Waals surface area contributed by atoms with E-state index in [-0.39, 0.29) is 5.78 Å². The summed E-state index contributed by atoms with van der Waals surface area (Å²) in [5.74, 6) is 0.872. The number of allylic oxidation sites excluding steroid dienone is 2. The van der Waals surface area contributed by atoms with E-state index in [0.29, 0.717) is 5.56 Å². The van der Waals surface area contributed by atoms with Crippen LogP contribution in [-0.4, -0.2) is 12.9 Å². The Hall–Kier alpha value is -1.57. The molecule has 0 spiro atoms. The topological polar surface area (TPSA) is 26.3 Å². The highest BCUT2D eigenvalue weighted by Crippen LogP contribution is 2.30. The maximum absolute atomic E-state index is 12.6. The van der Waals surface area contributed by atoms with Crippen LogP contribution in [0, 0.1) is 13.8 Å². The number of rotatable bonds is 3. The van der Waals surface area contributed by atoms with Gasteiger partial charge >= 0.3 is 0 Å². The van der Waals surface area contributed by atoms with Crippen LogP contribution >= 0.6 is 0 Å². The Morgan fingerprint density at radius 2 is 1.95 bits per heavy atom. The van der Waals surface area contributed by atoms with Gasteiger partial charge in [-0.3, -0.25) is 4.79 Å². The first kappa shape index (κ1) is 13.9. The SMILES string of the molecule is COc1c(C(=O)C2=CCCCCC2)ccc(C)c1C. The Kier molecular flexibility index (Phi) is 4.41. The van der Waals surface area contributed by atoms with Gasteiger partial charge in [0.15, 0.2) is 5.78 Å². The molecule has 2 rings (SSSR count). The summed E-state index contributed by atoms with van der Waals surface area (Å²) in [6, 6.07) is 3.90. The number of ether oxygens (including phenoxy) is 1. The Morgan fingerprint density at radius 3 is 2.68 bits per heavy atom. The molecule has 0 aliphatic heterocycles. The summed E-state index contributed by atoms with van der Waals surface area (Å²) in [5.41, 5.74) is 3.88. The van der Waals surface area contributed by atoms with E-state index in [1.165, 1.54) is 12.8 Å². The highest BCUT2D eigenvalue weighted by molar-refractivity contribution is 6.10. The van der Waals surface area contributed by atoms with Gasteiger partial charge < -0.3 is 4.74 Å². The molecule has 1 aromatic rings. The average molecular weight is 258 g/mol. The van der Waals surface area contributed by atoms with Gasteiger partial charge in [-0.1, -0.05) is 18.6 Å². The third-order valence-electron chi connectivity index (χ3n) is 3.96. The molecule has 1 aliphatic rings. The molecule has 0 aromatic heterocycles. The number of carbonyl (C=O) groups excluding carboxylic acids is 1. The number of aryl methyl sites for hydroxylation is 1. The van der Waals surface area contributed by atoms with E-state index in [4.69, 9.17) is 4.74 Å². The van der Waals surface area contributed by atoms with Gasteiger partial charge in [0.25, 0.3) is 0 Å². The van der Waals surface area contributed by atoms with E-state index in [1.54, 1.807) is 7.11 Å². The van der Waals surface area contributed by atoms with E-state index in [0.717, 1.165) is 41.7 Å². The predicted octanol–water partition coefficient (Wildman–Crippen LogP) is 4.39. The number of hydrogen-bond donors (Lipinski definition) is 0.